The highest BCUT2D eigenvalue weighted by Gasteiger charge is 2.21. The molecule has 0 unspecified atom stereocenters. The maximum Gasteiger partial charge on any atom is 0.324 e. The molecule has 1 amide bonds. The van der Waals surface area contributed by atoms with Gasteiger partial charge in [0, 0.05) is 42.2 Å². The first kappa shape index (κ1) is 21.2. The Balaban J connectivity index is 1.61. The summed E-state index contributed by atoms with van der Waals surface area (Å²) < 4.78 is 12.2. The minimum atomic E-state index is -0.443. The molecule has 3 heterocycles. The summed E-state index contributed by atoms with van der Waals surface area (Å²) in [5.74, 6) is 1.09. The van der Waals surface area contributed by atoms with Crippen molar-refractivity contribution in [2.75, 3.05) is 45.3 Å². The first-order valence-electron chi connectivity index (χ1n) is 9.49. The van der Waals surface area contributed by atoms with Gasteiger partial charge in [-0.3, -0.25) is 19.8 Å². The number of hydrogen-bond donors (Lipinski definition) is 0. The molecule has 162 valence electrons. The van der Waals surface area contributed by atoms with Gasteiger partial charge in [-0.2, -0.15) is 0 Å². The molecule has 11 heteroatoms. The van der Waals surface area contributed by atoms with Gasteiger partial charge in [-0.25, -0.2) is 4.98 Å². The van der Waals surface area contributed by atoms with E-state index in [1.807, 2.05) is 31.1 Å². The lowest BCUT2D eigenvalue weighted by Gasteiger charge is -2.20. The Labute approximate surface area is 186 Å². The summed E-state index contributed by atoms with van der Waals surface area (Å²) in [6, 6.07) is 6.77. The maximum atomic E-state index is 13.0. The topological polar surface area (TPSA) is 98.0 Å². The Morgan fingerprint density at radius 3 is 2.61 bits per heavy atom. The third kappa shape index (κ3) is 4.84. The predicted molar refractivity (Wildman–Crippen MR) is 122 cm³/mol. The highest BCUT2D eigenvalue weighted by atomic mass is 32.1. The van der Waals surface area contributed by atoms with Crippen molar-refractivity contribution < 1.29 is 19.2 Å². The van der Waals surface area contributed by atoms with E-state index >= 15 is 0 Å². The van der Waals surface area contributed by atoms with E-state index in [1.54, 1.807) is 17.0 Å². The lowest BCUT2D eigenvalue weighted by molar-refractivity contribution is -0.380. The van der Waals surface area contributed by atoms with E-state index in [9.17, 15) is 14.9 Å². The molecule has 31 heavy (non-hydrogen) atoms. The second kappa shape index (κ2) is 9.00. The first-order chi connectivity index (χ1) is 14.9. The number of carbonyl (C=O) groups excluding carboxylic acids is 1. The monoisotopic (exact) mass is 460 g/mol. The molecule has 3 aromatic rings. The molecule has 0 N–H and O–H groups in total. The Morgan fingerprint density at radius 2 is 1.94 bits per heavy atom. The minimum absolute atomic E-state index is 0.0381. The molecule has 0 saturated carbocycles. The number of carbonyl (C=O) groups is 1. The fourth-order valence-corrected chi connectivity index (χ4v) is 4.67. The van der Waals surface area contributed by atoms with Crippen molar-refractivity contribution >= 4 is 55.0 Å². The molecular formula is C20H20N4O5S2. The van der Waals surface area contributed by atoms with Crippen LogP contribution >= 0.6 is 22.7 Å². The van der Waals surface area contributed by atoms with Gasteiger partial charge in [-0.1, -0.05) is 22.7 Å². The number of hydrogen-bond acceptors (Lipinski definition) is 9. The molecule has 2 aromatic heterocycles. The Kier molecular flexibility index (Phi) is 6.16. The number of nitro groups is 1. The SMILES string of the molecule is CN(C)CCN(C(=O)C=Cc1ccc([N+](=O)[O-])s1)c1nc2cc3c(cc2s1)OCCO3. The molecule has 0 radical (unpaired) electrons. The van der Waals surface area contributed by atoms with Crippen molar-refractivity contribution in [2.24, 2.45) is 0 Å². The van der Waals surface area contributed by atoms with Crippen LogP contribution in [-0.2, 0) is 4.79 Å². The Hall–Kier alpha value is -3.02. The average Bonchev–Trinajstić information content (AvgIpc) is 3.37. The van der Waals surface area contributed by atoms with E-state index in [0.717, 1.165) is 21.6 Å². The minimum Gasteiger partial charge on any atom is -0.486 e. The zero-order valence-corrected chi connectivity index (χ0v) is 18.6. The number of likely N-dealkylation sites (N-methyl/N-ethyl adjacent to an activating group) is 1. The third-order valence-electron chi connectivity index (χ3n) is 4.49. The largest absolute Gasteiger partial charge is 0.486 e. The molecule has 9 nitrogen and oxygen atoms in total. The zero-order valence-electron chi connectivity index (χ0n) is 16.9. The number of thiophene rings is 1. The van der Waals surface area contributed by atoms with Gasteiger partial charge in [0.05, 0.1) is 15.1 Å². The Morgan fingerprint density at radius 1 is 1.19 bits per heavy atom. The number of ether oxygens (including phenoxy) is 2. The van der Waals surface area contributed by atoms with Gasteiger partial charge < -0.3 is 14.4 Å². The van der Waals surface area contributed by atoms with Gasteiger partial charge in [-0.05, 0) is 26.2 Å². The van der Waals surface area contributed by atoms with Crippen LogP contribution in [0.1, 0.15) is 4.88 Å². The van der Waals surface area contributed by atoms with Crippen LogP contribution in [0.2, 0.25) is 0 Å². The molecule has 0 fully saturated rings. The lowest BCUT2D eigenvalue weighted by atomic mass is 10.3. The fraction of sp³-hybridized carbons (Fsp3) is 0.300. The number of aromatic nitrogens is 1. The van der Waals surface area contributed by atoms with Gasteiger partial charge in [-0.15, -0.1) is 0 Å². The second-order valence-electron chi connectivity index (χ2n) is 7.02. The van der Waals surface area contributed by atoms with Crippen LogP contribution in [0.25, 0.3) is 16.3 Å². The number of thiazole rings is 1. The summed E-state index contributed by atoms with van der Waals surface area (Å²) in [6.07, 6.45) is 3.02. The fourth-order valence-electron chi connectivity index (χ4n) is 2.94. The molecule has 0 bridgehead atoms. The van der Waals surface area contributed by atoms with Crippen molar-refractivity contribution in [1.29, 1.82) is 0 Å². The van der Waals surface area contributed by atoms with E-state index in [-0.39, 0.29) is 10.9 Å². The molecule has 1 aliphatic rings. The summed E-state index contributed by atoms with van der Waals surface area (Å²) in [7, 11) is 3.87. The molecule has 4 rings (SSSR count). The maximum absolute atomic E-state index is 13.0. The quantitative estimate of drug-likeness (QED) is 0.302. The highest BCUT2D eigenvalue weighted by molar-refractivity contribution is 7.22. The van der Waals surface area contributed by atoms with Crippen molar-refractivity contribution in [3.8, 4) is 11.5 Å². The highest BCUT2D eigenvalue weighted by Crippen LogP contribution is 2.38. The zero-order chi connectivity index (χ0) is 22.0. The number of fused-ring (bicyclic) bond motifs is 2. The molecular weight excluding hydrogens is 440 g/mol. The average molecular weight is 461 g/mol. The van der Waals surface area contributed by atoms with Gasteiger partial charge in [0.15, 0.2) is 16.6 Å². The van der Waals surface area contributed by atoms with Crippen molar-refractivity contribution in [1.82, 2.24) is 9.88 Å². The van der Waals surface area contributed by atoms with Crippen molar-refractivity contribution in [2.45, 2.75) is 0 Å². The summed E-state index contributed by atoms with van der Waals surface area (Å²) >= 11 is 2.43. The van der Waals surface area contributed by atoms with Crippen LogP contribution in [0.3, 0.4) is 0 Å². The lowest BCUT2D eigenvalue weighted by Crippen LogP contribution is -2.35. The Bertz CT molecular complexity index is 1110. The van der Waals surface area contributed by atoms with E-state index in [4.69, 9.17) is 9.47 Å². The van der Waals surface area contributed by atoms with Crippen LogP contribution in [0.5, 0.6) is 11.5 Å². The summed E-state index contributed by atoms with van der Waals surface area (Å²) in [4.78, 5) is 32.3. The molecule has 0 saturated heterocycles. The molecule has 1 aliphatic heterocycles. The number of amides is 1. The first-order valence-corrected chi connectivity index (χ1v) is 11.1. The van der Waals surface area contributed by atoms with Crippen LogP contribution in [0, 0.1) is 10.1 Å². The number of rotatable bonds is 7. The smallest absolute Gasteiger partial charge is 0.324 e. The molecule has 0 atom stereocenters. The van der Waals surface area contributed by atoms with E-state index < -0.39 is 4.92 Å². The van der Waals surface area contributed by atoms with Crippen molar-refractivity contribution in [3.63, 3.8) is 0 Å². The number of anilines is 1. The van der Waals surface area contributed by atoms with Gasteiger partial charge >= 0.3 is 5.00 Å². The summed E-state index contributed by atoms with van der Waals surface area (Å²) in [5, 5.41) is 11.5. The predicted octanol–water partition coefficient (Wildman–Crippen LogP) is 3.65. The molecule has 0 spiro atoms. The van der Waals surface area contributed by atoms with E-state index in [2.05, 4.69) is 4.98 Å². The van der Waals surface area contributed by atoms with E-state index in [0.29, 0.717) is 47.8 Å². The van der Waals surface area contributed by atoms with Crippen LogP contribution in [-0.4, -0.2) is 61.1 Å². The standard InChI is InChI=1S/C20H20N4O5S2/c1-22(2)7-8-23(18(25)5-3-13-4-6-19(30-13)24(26)27)20-21-14-11-15-16(12-17(14)31-20)29-10-9-28-15/h3-6,11-12H,7-10H2,1-2H3. The normalized spacial score (nSPS) is 13.3. The van der Waals surface area contributed by atoms with Crippen LogP contribution in [0.15, 0.2) is 30.3 Å². The second-order valence-corrected chi connectivity index (χ2v) is 9.12. The third-order valence-corrected chi connectivity index (χ3v) is 6.53. The van der Waals surface area contributed by atoms with Crippen LogP contribution < -0.4 is 14.4 Å². The van der Waals surface area contributed by atoms with Crippen LogP contribution in [0.4, 0.5) is 10.1 Å². The van der Waals surface area contributed by atoms with E-state index in [1.165, 1.54) is 23.5 Å². The summed E-state index contributed by atoms with van der Waals surface area (Å²) in [6.45, 7) is 2.11. The van der Waals surface area contributed by atoms with Gasteiger partial charge in [0.2, 0.25) is 0 Å². The summed E-state index contributed by atoms with van der Waals surface area (Å²) in [5.41, 5.74) is 0.741. The van der Waals surface area contributed by atoms with Gasteiger partial charge in [0.1, 0.15) is 13.2 Å². The number of benzene rings is 1. The number of nitrogens with zero attached hydrogens (tertiary/aromatic N) is 4. The van der Waals surface area contributed by atoms with Crippen molar-refractivity contribution in [3.05, 3.63) is 45.3 Å². The van der Waals surface area contributed by atoms with Gasteiger partial charge in [0.25, 0.3) is 5.91 Å². The molecule has 1 aromatic carbocycles. The molecule has 0 aliphatic carbocycles.